The highest BCUT2D eigenvalue weighted by atomic mass is 16.5. The highest BCUT2D eigenvalue weighted by Crippen LogP contribution is 2.13. The van der Waals surface area contributed by atoms with Gasteiger partial charge in [-0.15, -0.1) is 0 Å². The normalized spacial score (nSPS) is 16.5. The van der Waals surface area contributed by atoms with Crippen LogP contribution in [0, 0.1) is 0 Å². The average molecular weight is 247 g/mol. The van der Waals surface area contributed by atoms with Gasteiger partial charge in [-0.2, -0.15) is 0 Å². The van der Waals surface area contributed by atoms with Crippen LogP contribution in [0.5, 0.6) is 5.75 Å². The van der Waals surface area contributed by atoms with Crippen LogP contribution < -0.4 is 4.74 Å². The third-order valence-electron chi connectivity index (χ3n) is 3.39. The van der Waals surface area contributed by atoms with Gasteiger partial charge < -0.3 is 4.74 Å². The number of hydrogen-bond acceptors (Lipinski definition) is 3. The molecule has 3 heteroatoms. The molecule has 0 radical (unpaired) electrons. The summed E-state index contributed by atoms with van der Waals surface area (Å²) in [6, 6.07) is 7.37. The Hall–Kier alpha value is -1.35. The largest absolute Gasteiger partial charge is 0.492 e. The Morgan fingerprint density at radius 2 is 1.83 bits per heavy atom. The van der Waals surface area contributed by atoms with Gasteiger partial charge in [-0.1, -0.05) is 6.42 Å². The van der Waals surface area contributed by atoms with Crippen LogP contribution in [0.3, 0.4) is 0 Å². The first-order valence-corrected chi connectivity index (χ1v) is 6.72. The molecule has 1 aromatic rings. The molecule has 1 aliphatic rings. The molecule has 0 aromatic heterocycles. The Morgan fingerprint density at radius 1 is 1.17 bits per heavy atom. The lowest BCUT2D eigenvalue weighted by atomic mass is 10.1. The zero-order valence-electron chi connectivity index (χ0n) is 11.0. The number of ether oxygens (including phenoxy) is 1. The van der Waals surface area contributed by atoms with Crippen molar-refractivity contribution in [1.82, 2.24) is 4.90 Å². The van der Waals surface area contributed by atoms with Crippen LogP contribution in [-0.2, 0) is 0 Å². The molecule has 98 valence electrons. The summed E-state index contributed by atoms with van der Waals surface area (Å²) in [5.41, 5.74) is 0.735. The van der Waals surface area contributed by atoms with E-state index in [9.17, 15) is 4.79 Å². The fourth-order valence-corrected chi connectivity index (χ4v) is 2.26. The minimum Gasteiger partial charge on any atom is -0.492 e. The van der Waals surface area contributed by atoms with Crippen molar-refractivity contribution in [3.8, 4) is 5.75 Å². The standard InChI is InChI=1S/C15H21NO2/c1-13(17)14-5-7-15(8-6-14)18-12-11-16-9-3-2-4-10-16/h5-8H,2-4,9-12H2,1H3. The predicted molar refractivity (Wildman–Crippen MR) is 72.2 cm³/mol. The number of nitrogens with zero attached hydrogens (tertiary/aromatic N) is 1. The topological polar surface area (TPSA) is 29.5 Å². The SMILES string of the molecule is CC(=O)c1ccc(OCCN2CCCCC2)cc1. The third-order valence-corrected chi connectivity index (χ3v) is 3.39. The van der Waals surface area contributed by atoms with Crippen molar-refractivity contribution in [2.45, 2.75) is 26.2 Å². The molecule has 0 saturated carbocycles. The van der Waals surface area contributed by atoms with Gasteiger partial charge in [0.1, 0.15) is 12.4 Å². The summed E-state index contributed by atoms with van der Waals surface area (Å²) >= 11 is 0. The summed E-state index contributed by atoms with van der Waals surface area (Å²) in [5.74, 6) is 0.937. The number of benzene rings is 1. The molecule has 1 fully saturated rings. The molecule has 0 unspecified atom stereocenters. The lowest BCUT2D eigenvalue weighted by Crippen LogP contribution is -2.33. The first-order chi connectivity index (χ1) is 8.75. The van der Waals surface area contributed by atoms with Crippen molar-refractivity contribution >= 4 is 5.78 Å². The van der Waals surface area contributed by atoms with Gasteiger partial charge in [0.2, 0.25) is 0 Å². The van der Waals surface area contributed by atoms with Crippen molar-refractivity contribution in [2.24, 2.45) is 0 Å². The van der Waals surface area contributed by atoms with E-state index in [0.29, 0.717) is 0 Å². The summed E-state index contributed by atoms with van der Waals surface area (Å²) in [6.45, 7) is 5.69. The van der Waals surface area contributed by atoms with E-state index < -0.39 is 0 Å². The molecular weight excluding hydrogens is 226 g/mol. The number of ketones is 1. The van der Waals surface area contributed by atoms with Crippen LogP contribution in [0.15, 0.2) is 24.3 Å². The van der Waals surface area contributed by atoms with Gasteiger partial charge in [-0.25, -0.2) is 0 Å². The van der Waals surface area contributed by atoms with Crippen LogP contribution in [-0.4, -0.2) is 36.9 Å². The molecular formula is C15H21NO2. The lowest BCUT2D eigenvalue weighted by Gasteiger charge is -2.26. The second kappa shape index (κ2) is 6.55. The number of carbonyl (C=O) groups is 1. The molecule has 18 heavy (non-hydrogen) atoms. The molecule has 0 bridgehead atoms. The molecule has 0 atom stereocenters. The number of likely N-dealkylation sites (tertiary alicyclic amines) is 1. The molecule has 0 amide bonds. The van der Waals surface area contributed by atoms with Crippen molar-refractivity contribution in [3.63, 3.8) is 0 Å². The molecule has 3 nitrogen and oxygen atoms in total. The number of rotatable bonds is 5. The van der Waals surface area contributed by atoms with Gasteiger partial charge >= 0.3 is 0 Å². The van der Waals surface area contributed by atoms with Crippen molar-refractivity contribution in [2.75, 3.05) is 26.2 Å². The number of carbonyl (C=O) groups excluding carboxylic acids is 1. The average Bonchev–Trinajstić information content (AvgIpc) is 2.40. The Kier molecular flexibility index (Phi) is 4.76. The van der Waals surface area contributed by atoms with Crippen LogP contribution in [0.1, 0.15) is 36.5 Å². The summed E-state index contributed by atoms with van der Waals surface area (Å²) in [6.07, 6.45) is 3.99. The van der Waals surface area contributed by atoms with Gasteiger partial charge in [-0.05, 0) is 57.1 Å². The molecule has 1 aromatic carbocycles. The lowest BCUT2D eigenvalue weighted by molar-refractivity contribution is 0.101. The van der Waals surface area contributed by atoms with Crippen LogP contribution in [0.2, 0.25) is 0 Å². The molecule has 0 spiro atoms. The summed E-state index contributed by atoms with van der Waals surface area (Å²) in [7, 11) is 0. The highest BCUT2D eigenvalue weighted by molar-refractivity contribution is 5.94. The van der Waals surface area contributed by atoms with E-state index in [-0.39, 0.29) is 5.78 Å². The van der Waals surface area contributed by atoms with Crippen LogP contribution in [0.4, 0.5) is 0 Å². The fraction of sp³-hybridized carbons (Fsp3) is 0.533. The van der Waals surface area contributed by atoms with E-state index in [4.69, 9.17) is 4.74 Å². The first kappa shape index (κ1) is 13.1. The number of Topliss-reactive ketones (excluding diaryl/α,β-unsaturated/α-hetero) is 1. The van der Waals surface area contributed by atoms with Gasteiger partial charge in [0, 0.05) is 12.1 Å². The first-order valence-electron chi connectivity index (χ1n) is 6.72. The second-order valence-electron chi connectivity index (χ2n) is 4.83. The summed E-state index contributed by atoms with van der Waals surface area (Å²) in [4.78, 5) is 13.6. The smallest absolute Gasteiger partial charge is 0.159 e. The molecule has 0 aliphatic carbocycles. The monoisotopic (exact) mass is 247 g/mol. The van der Waals surface area contributed by atoms with Crippen LogP contribution >= 0.6 is 0 Å². The van der Waals surface area contributed by atoms with Crippen molar-refractivity contribution in [3.05, 3.63) is 29.8 Å². The zero-order valence-corrected chi connectivity index (χ0v) is 11.0. The van der Waals surface area contributed by atoms with Gasteiger partial charge in [0.25, 0.3) is 0 Å². The predicted octanol–water partition coefficient (Wildman–Crippen LogP) is 2.75. The summed E-state index contributed by atoms with van der Waals surface area (Å²) in [5, 5.41) is 0. The van der Waals surface area contributed by atoms with Gasteiger partial charge in [0.15, 0.2) is 5.78 Å². The summed E-state index contributed by atoms with van der Waals surface area (Å²) < 4.78 is 5.69. The van der Waals surface area contributed by atoms with Crippen molar-refractivity contribution < 1.29 is 9.53 Å². The maximum atomic E-state index is 11.1. The van der Waals surface area contributed by atoms with E-state index in [1.54, 1.807) is 6.92 Å². The molecule has 0 N–H and O–H groups in total. The minimum absolute atomic E-state index is 0.0925. The quantitative estimate of drug-likeness (QED) is 0.749. The zero-order chi connectivity index (χ0) is 12.8. The van der Waals surface area contributed by atoms with Gasteiger partial charge in [0.05, 0.1) is 0 Å². The minimum atomic E-state index is 0.0925. The van der Waals surface area contributed by atoms with Gasteiger partial charge in [-0.3, -0.25) is 9.69 Å². The maximum Gasteiger partial charge on any atom is 0.159 e. The Labute approximate surface area is 109 Å². The molecule has 1 aliphatic heterocycles. The van der Waals surface area contributed by atoms with E-state index in [2.05, 4.69) is 4.90 Å². The second-order valence-corrected chi connectivity index (χ2v) is 4.83. The molecule has 2 rings (SSSR count). The van der Waals surface area contributed by atoms with E-state index in [1.807, 2.05) is 24.3 Å². The Morgan fingerprint density at radius 3 is 2.44 bits per heavy atom. The molecule has 1 saturated heterocycles. The van der Waals surface area contributed by atoms with Crippen LogP contribution in [0.25, 0.3) is 0 Å². The number of piperidine rings is 1. The third kappa shape index (κ3) is 3.84. The molecule has 1 heterocycles. The van der Waals surface area contributed by atoms with E-state index in [1.165, 1.54) is 32.4 Å². The van der Waals surface area contributed by atoms with E-state index in [0.717, 1.165) is 24.5 Å². The highest BCUT2D eigenvalue weighted by Gasteiger charge is 2.09. The number of hydrogen-bond donors (Lipinski definition) is 0. The van der Waals surface area contributed by atoms with Crippen molar-refractivity contribution in [1.29, 1.82) is 0 Å². The Balaban J connectivity index is 1.74. The van der Waals surface area contributed by atoms with E-state index >= 15 is 0 Å². The maximum absolute atomic E-state index is 11.1. The Bertz CT molecular complexity index is 380. The fourth-order valence-electron chi connectivity index (χ4n) is 2.26.